The van der Waals surface area contributed by atoms with Crippen molar-refractivity contribution < 1.29 is 27.5 Å². The summed E-state index contributed by atoms with van der Waals surface area (Å²) in [7, 11) is 0. The molecular formula is C25H19F3N6O3S. The van der Waals surface area contributed by atoms with Crippen LogP contribution < -0.4 is 20.3 Å². The zero-order valence-corrected chi connectivity index (χ0v) is 20.3. The van der Waals surface area contributed by atoms with Gasteiger partial charge in [-0.2, -0.15) is 13.2 Å². The van der Waals surface area contributed by atoms with Crippen molar-refractivity contribution in [2.45, 2.75) is 19.0 Å². The van der Waals surface area contributed by atoms with E-state index in [1.807, 2.05) is 12.1 Å². The van der Waals surface area contributed by atoms with Gasteiger partial charge in [0.1, 0.15) is 5.75 Å². The smallest absolute Gasteiger partial charge is 0.416 e. The van der Waals surface area contributed by atoms with E-state index in [0.717, 1.165) is 29.0 Å². The van der Waals surface area contributed by atoms with Crippen LogP contribution in [0, 0.1) is 0 Å². The number of nitrogens with zero attached hydrogens (tertiary/aromatic N) is 4. The summed E-state index contributed by atoms with van der Waals surface area (Å²) in [5, 5.41) is 5.47. The molecule has 2 aromatic heterocycles. The lowest BCUT2D eigenvalue weighted by molar-refractivity contribution is -0.137. The summed E-state index contributed by atoms with van der Waals surface area (Å²) in [6.45, 7) is 0.688. The van der Waals surface area contributed by atoms with E-state index in [4.69, 9.17) is 4.74 Å². The van der Waals surface area contributed by atoms with Crippen LogP contribution in [0.4, 0.5) is 34.5 Å². The summed E-state index contributed by atoms with van der Waals surface area (Å²) in [6, 6.07) is 10.8. The Morgan fingerprint density at radius 1 is 0.974 bits per heavy atom. The van der Waals surface area contributed by atoms with Crippen LogP contribution in [0.25, 0.3) is 10.4 Å². The topological polar surface area (TPSA) is 109 Å². The average Bonchev–Trinajstić information content (AvgIpc) is 3.54. The number of carbonyl (C=O) groups excluding carboxylic acids is 2. The molecule has 0 spiro atoms. The molecule has 0 bridgehead atoms. The fourth-order valence-electron chi connectivity index (χ4n) is 3.67. The second kappa shape index (κ2) is 10.5. The van der Waals surface area contributed by atoms with Crippen molar-refractivity contribution >= 4 is 39.8 Å². The number of carbonyl (C=O) groups is 2. The molecule has 1 saturated heterocycles. The van der Waals surface area contributed by atoms with E-state index in [2.05, 4.69) is 25.6 Å². The van der Waals surface area contributed by atoms with Crippen LogP contribution in [0.5, 0.6) is 11.8 Å². The van der Waals surface area contributed by atoms with E-state index in [-0.39, 0.29) is 23.3 Å². The average molecular weight is 541 g/mol. The van der Waals surface area contributed by atoms with E-state index in [1.165, 1.54) is 35.9 Å². The van der Waals surface area contributed by atoms with Gasteiger partial charge in [0.2, 0.25) is 5.91 Å². The second-order valence-corrected chi connectivity index (χ2v) is 9.20. The van der Waals surface area contributed by atoms with Crippen LogP contribution in [0.3, 0.4) is 0 Å². The van der Waals surface area contributed by atoms with Gasteiger partial charge in [0.15, 0.2) is 5.13 Å². The van der Waals surface area contributed by atoms with Crippen molar-refractivity contribution in [2.24, 2.45) is 0 Å². The molecule has 5 rings (SSSR count). The molecule has 38 heavy (non-hydrogen) atoms. The Morgan fingerprint density at radius 2 is 1.71 bits per heavy atom. The number of amides is 3. The zero-order chi connectivity index (χ0) is 26.7. The number of halogens is 3. The van der Waals surface area contributed by atoms with Gasteiger partial charge in [-0.3, -0.25) is 9.69 Å². The molecule has 0 radical (unpaired) electrons. The minimum absolute atomic E-state index is 0.0132. The van der Waals surface area contributed by atoms with E-state index >= 15 is 0 Å². The highest BCUT2D eigenvalue weighted by Gasteiger charge is 2.30. The standard InChI is InChI=1S/C25H19F3N6O3S/c26-25(27,28)16-3-1-4-17(11-16)32-22(36)33-18-12-29-23(30-13-18)37-19-8-6-15(7-9-19)20-14-31-24(38-20)34-10-2-5-21(34)35/h1,3-4,6-9,11-14H,2,5,10H2,(H2,32,33,36). The molecule has 0 saturated carbocycles. The van der Waals surface area contributed by atoms with E-state index in [1.54, 1.807) is 23.2 Å². The van der Waals surface area contributed by atoms with Crippen LogP contribution in [0.2, 0.25) is 0 Å². The third kappa shape index (κ3) is 5.89. The van der Waals surface area contributed by atoms with Crippen LogP contribution in [-0.2, 0) is 11.0 Å². The van der Waals surface area contributed by atoms with Crippen LogP contribution in [0.15, 0.2) is 67.1 Å². The highest BCUT2D eigenvalue weighted by molar-refractivity contribution is 7.19. The third-order valence-electron chi connectivity index (χ3n) is 5.48. The van der Waals surface area contributed by atoms with E-state index in [9.17, 15) is 22.8 Å². The number of benzene rings is 2. The van der Waals surface area contributed by atoms with Crippen LogP contribution in [0.1, 0.15) is 18.4 Å². The number of rotatable bonds is 6. The lowest BCUT2D eigenvalue weighted by Crippen LogP contribution is -2.23. The van der Waals surface area contributed by atoms with Crippen molar-refractivity contribution in [1.82, 2.24) is 15.0 Å². The normalized spacial score (nSPS) is 13.4. The largest absolute Gasteiger partial charge is 0.424 e. The maximum absolute atomic E-state index is 12.8. The van der Waals surface area contributed by atoms with Gasteiger partial charge in [0.25, 0.3) is 0 Å². The van der Waals surface area contributed by atoms with E-state index in [0.29, 0.717) is 23.8 Å². The first-order valence-electron chi connectivity index (χ1n) is 11.4. The van der Waals surface area contributed by atoms with Crippen LogP contribution >= 0.6 is 11.3 Å². The molecule has 1 aliphatic rings. The summed E-state index contributed by atoms with van der Waals surface area (Å²) in [4.78, 5) is 39.2. The van der Waals surface area contributed by atoms with Gasteiger partial charge in [0, 0.05) is 24.8 Å². The molecule has 1 aliphatic heterocycles. The van der Waals surface area contributed by atoms with Crippen molar-refractivity contribution in [3.8, 4) is 22.2 Å². The number of ether oxygens (including phenoxy) is 1. The zero-order valence-electron chi connectivity index (χ0n) is 19.5. The van der Waals surface area contributed by atoms with Gasteiger partial charge >= 0.3 is 18.2 Å². The number of alkyl halides is 3. The first-order valence-corrected chi connectivity index (χ1v) is 12.2. The van der Waals surface area contributed by atoms with Crippen molar-refractivity contribution in [3.63, 3.8) is 0 Å². The molecule has 0 unspecified atom stereocenters. The van der Waals surface area contributed by atoms with Crippen LogP contribution in [-0.4, -0.2) is 33.4 Å². The number of anilines is 3. The fraction of sp³-hybridized carbons (Fsp3) is 0.160. The van der Waals surface area contributed by atoms with Gasteiger partial charge in [-0.1, -0.05) is 17.4 Å². The first kappa shape index (κ1) is 25.1. The number of nitrogens with one attached hydrogen (secondary N) is 2. The van der Waals surface area contributed by atoms with Gasteiger partial charge < -0.3 is 15.4 Å². The molecule has 3 amide bonds. The Hall–Kier alpha value is -4.52. The Kier molecular flexibility index (Phi) is 6.92. The maximum Gasteiger partial charge on any atom is 0.416 e. The molecule has 2 N–H and O–H groups in total. The number of hydrogen-bond acceptors (Lipinski definition) is 7. The molecule has 1 fully saturated rings. The molecule has 13 heteroatoms. The molecule has 4 aromatic rings. The predicted octanol–water partition coefficient (Wildman–Crippen LogP) is 6.18. The quantitative estimate of drug-likeness (QED) is 0.302. The molecule has 3 heterocycles. The third-order valence-corrected chi connectivity index (χ3v) is 6.55. The number of aromatic nitrogens is 3. The Balaban J connectivity index is 1.16. The first-order chi connectivity index (χ1) is 18.2. The van der Waals surface area contributed by atoms with Crippen molar-refractivity contribution in [1.29, 1.82) is 0 Å². The lowest BCUT2D eigenvalue weighted by atomic mass is 10.2. The summed E-state index contributed by atoms with van der Waals surface area (Å²) in [6.07, 6.45) is 1.22. The summed E-state index contributed by atoms with van der Waals surface area (Å²) < 4.78 is 44.2. The van der Waals surface area contributed by atoms with E-state index < -0.39 is 17.8 Å². The SMILES string of the molecule is O=C(Nc1cnc(Oc2ccc(-c3cnc(N4CCCC4=O)s3)cc2)nc1)Nc1cccc(C(F)(F)F)c1. The summed E-state index contributed by atoms with van der Waals surface area (Å²) in [5.74, 6) is 0.573. The molecule has 194 valence electrons. The molecule has 0 atom stereocenters. The lowest BCUT2D eigenvalue weighted by Gasteiger charge is -2.11. The number of urea groups is 1. The van der Waals surface area contributed by atoms with Gasteiger partial charge in [-0.15, -0.1) is 0 Å². The maximum atomic E-state index is 12.8. The summed E-state index contributed by atoms with van der Waals surface area (Å²) in [5.41, 5.74) is 0.249. The highest BCUT2D eigenvalue weighted by Crippen LogP contribution is 2.34. The van der Waals surface area contributed by atoms with Gasteiger partial charge in [-0.25, -0.2) is 19.7 Å². The molecule has 9 nitrogen and oxygen atoms in total. The van der Waals surface area contributed by atoms with Gasteiger partial charge in [0.05, 0.1) is 28.5 Å². The monoisotopic (exact) mass is 540 g/mol. The Bertz CT molecular complexity index is 1460. The minimum Gasteiger partial charge on any atom is -0.424 e. The fourth-order valence-corrected chi connectivity index (χ4v) is 4.63. The Labute approximate surface area is 218 Å². The number of thiazole rings is 1. The second-order valence-electron chi connectivity index (χ2n) is 8.19. The van der Waals surface area contributed by atoms with Crippen molar-refractivity contribution in [3.05, 3.63) is 72.7 Å². The van der Waals surface area contributed by atoms with Crippen molar-refractivity contribution in [2.75, 3.05) is 22.1 Å². The molecule has 2 aromatic carbocycles. The number of hydrogen-bond donors (Lipinski definition) is 2. The molecular weight excluding hydrogens is 521 g/mol. The predicted molar refractivity (Wildman–Crippen MR) is 135 cm³/mol. The van der Waals surface area contributed by atoms with Gasteiger partial charge in [-0.05, 0) is 54.4 Å². The summed E-state index contributed by atoms with van der Waals surface area (Å²) >= 11 is 1.44. The minimum atomic E-state index is -4.52. The highest BCUT2D eigenvalue weighted by atomic mass is 32.1. The molecule has 0 aliphatic carbocycles. The Morgan fingerprint density at radius 3 is 2.39 bits per heavy atom.